The maximum Gasteiger partial charge on any atom is 0.282 e. The molecule has 1 aliphatic heterocycles. The van der Waals surface area contributed by atoms with Gasteiger partial charge < -0.3 is 14.8 Å². The van der Waals surface area contributed by atoms with Crippen molar-refractivity contribution in [3.63, 3.8) is 0 Å². The molecule has 6 heteroatoms. The van der Waals surface area contributed by atoms with Crippen LogP contribution in [0.25, 0.3) is 5.57 Å². The lowest BCUT2D eigenvalue weighted by Gasteiger charge is -2.18. The van der Waals surface area contributed by atoms with Crippen molar-refractivity contribution in [3.8, 4) is 11.5 Å². The van der Waals surface area contributed by atoms with Gasteiger partial charge in [0.2, 0.25) is 0 Å². The number of nitrogens with one attached hydrogen (secondary N) is 1. The molecule has 3 aromatic rings. The van der Waals surface area contributed by atoms with Crippen molar-refractivity contribution >= 4 is 28.8 Å². The first-order valence-corrected chi connectivity index (χ1v) is 11.3. The number of anilines is 2. The Kier molecular flexibility index (Phi) is 6.68. The number of methoxy groups -OCH3 is 1. The summed E-state index contributed by atoms with van der Waals surface area (Å²) in [5, 5.41) is 3.18. The van der Waals surface area contributed by atoms with E-state index in [2.05, 4.69) is 5.32 Å². The van der Waals surface area contributed by atoms with Crippen molar-refractivity contribution in [2.45, 2.75) is 27.2 Å². The molecule has 0 saturated heterocycles. The fourth-order valence-electron chi connectivity index (χ4n) is 3.97. The van der Waals surface area contributed by atoms with Crippen molar-refractivity contribution in [1.82, 2.24) is 0 Å². The van der Waals surface area contributed by atoms with Crippen LogP contribution in [0.5, 0.6) is 11.5 Å². The Hall–Kier alpha value is -4.06. The average molecular weight is 457 g/mol. The predicted molar refractivity (Wildman–Crippen MR) is 134 cm³/mol. The van der Waals surface area contributed by atoms with Gasteiger partial charge in [-0.15, -0.1) is 0 Å². The van der Waals surface area contributed by atoms with Gasteiger partial charge in [0.05, 0.1) is 25.0 Å². The van der Waals surface area contributed by atoms with Gasteiger partial charge in [-0.2, -0.15) is 0 Å². The smallest absolute Gasteiger partial charge is 0.282 e. The third-order valence-corrected chi connectivity index (χ3v) is 5.63. The third kappa shape index (κ3) is 4.53. The quantitative estimate of drug-likeness (QED) is 0.454. The number of rotatable bonds is 8. The highest BCUT2D eigenvalue weighted by Gasteiger charge is 2.40. The molecule has 34 heavy (non-hydrogen) atoms. The van der Waals surface area contributed by atoms with Crippen LogP contribution in [0.4, 0.5) is 11.4 Å². The standard InChI is InChI=1S/C28H28N2O4/c1-5-15-34-22-12-10-20(11-13-22)25-26(29-21-7-6-8-23(17-21)33-4)28(32)30(27(25)31)24-14-9-18(2)16-19(24)3/h6-14,16-17,29H,5,15H2,1-4H3. The molecular formula is C28H28N2O4. The molecule has 6 nitrogen and oxygen atoms in total. The lowest BCUT2D eigenvalue weighted by atomic mass is 10.0. The molecule has 0 bridgehead atoms. The summed E-state index contributed by atoms with van der Waals surface area (Å²) in [6.45, 7) is 6.53. The summed E-state index contributed by atoms with van der Waals surface area (Å²) in [6, 6.07) is 20.2. The summed E-state index contributed by atoms with van der Waals surface area (Å²) in [4.78, 5) is 28.6. The first kappa shape index (κ1) is 23.1. The van der Waals surface area contributed by atoms with Gasteiger partial charge in [-0.3, -0.25) is 9.59 Å². The molecule has 0 aliphatic carbocycles. The zero-order valence-corrected chi connectivity index (χ0v) is 19.8. The van der Waals surface area contributed by atoms with Crippen molar-refractivity contribution in [2.75, 3.05) is 23.9 Å². The summed E-state index contributed by atoms with van der Waals surface area (Å²) in [7, 11) is 1.58. The molecule has 1 N–H and O–H groups in total. The van der Waals surface area contributed by atoms with E-state index in [1.807, 2.05) is 81.4 Å². The summed E-state index contributed by atoms with van der Waals surface area (Å²) < 4.78 is 11.0. The number of hydrogen-bond donors (Lipinski definition) is 1. The van der Waals surface area contributed by atoms with Gasteiger partial charge in [0.25, 0.3) is 11.8 Å². The number of ether oxygens (including phenoxy) is 2. The van der Waals surface area contributed by atoms with Gasteiger partial charge in [0.15, 0.2) is 0 Å². The number of aryl methyl sites for hydroxylation is 2. The number of carbonyl (C=O) groups excluding carboxylic acids is 2. The third-order valence-electron chi connectivity index (χ3n) is 5.63. The highest BCUT2D eigenvalue weighted by molar-refractivity contribution is 6.46. The highest BCUT2D eigenvalue weighted by Crippen LogP contribution is 2.36. The number of imide groups is 1. The molecule has 2 amide bonds. The highest BCUT2D eigenvalue weighted by atomic mass is 16.5. The summed E-state index contributed by atoms with van der Waals surface area (Å²) >= 11 is 0. The first-order valence-electron chi connectivity index (χ1n) is 11.3. The predicted octanol–water partition coefficient (Wildman–Crippen LogP) is 5.50. The molecule has 0 radical (unpaired) electrons. The lowest BCUT2D eigenvalue weighted by molar-refractivity contribution is -0.120. The van der Waals surface area contributed by atoms with Gasteiger partial charge in [0, 0.05) is 11.8 Å². The van der Waals surface area contributed by atoms with Crippen molar-refractivity contribution in [3.05, 3.63) is 89.1 Å². The Morgan fingerprint density at radius 3 is 2.32 bits per heavy atom. The van der Waals surface area contributed by atoms with E-state index in [9.17, 15) is 9.59 Å². The molecule has 0 aromatic heterocycles. The van der Waals surface area contributed by atoms with Crippen LogP contribution in [0.3, 0.4) is 0 Å². The van der Waals surface area contributed by atoms with Crippen LogP contribution >= 0.6 is 0 Å². The van der Waals surface area contributed by atoms with Gasteiger partial charge in [-0.05, 0) is 61.7 Å². The zero-order valence-electron chi connectivity index (χ0n) is 19.8. The Morgan fingerprint density at radius 1 is 0.882 bits per heavy atom. The molecule has 3 aromatic carbocycles. The summed E-state index contributed by atoms with van der Waals surface area (Å²) in [5.74, 6) is 0.592. The van der Waals surface area contributed by atoms with Crippen molar-refractivity contribution in [2.24, 2.45) is 0 Å². The lowest BCUT2D eigenvalue weighted by Crippen LogP contribution is -2.33. The van der Waals surface area contributed by atoms with E-state index >= 15 is 0 Å². The van der Waals surface area contributed by atoms with Gasteiger partial charge >= 0.3 is 0 Å². The molecule has 0 saturated carbocycles. The molecular weight excluding hydrogens is 428 g/mol. The van der Waals surface area contributed by atoms with E-state index in [-0.39, 0.29) is 11.6 Å². The molecule has 174 valence electrons. The number of hydrogen-bond acceptors (Lipinski definition) is 5. The molecule has 4 rings (SSSR count). The Morgan fingerprint density at radius 2 is 1.65 bits per heavy atom. The second-order valence-electron chi connectivity index (χ2n) is 8.22. The molecule has 1 heterocycles. The van der Waals surface area contributed by atoms with Gasteiger partial charge in [-0.1, -0.05) is 42.8 Å². The van der Waals surface area contributed by atoms with Crippen LogP contribution < -0.4 is 19.7 Å². The minimum atomic E-state index is -0.402. The fraction of sp³-hybridized carbons (Fsp3) is 0.214. The number of benzene rings is 3. The molecule has 0 unspecified atom stereocenters. The van der Waals surface area contributed by atoms with Crippen LogP contribution in [-0.4, -0.2) is 25.5 Å². The summed E-state index contributed by atoms with van der Waals surface area (Å²) in [5.41, 5.74) is 4.31. The van der Waals surface area contributed by atoms with E-state index in [4.69, 9.17) is 9.47 Å². The SMILES string of the molecule is CCCOc1ccc(C2=C(Nc3cccc(OC)c3)C(=O)N(c3ccc(C)cc3C)C2=O)cc1. The summed E-state index contributed by atoms with van der Waals surface area (Å²) in [6.07, 6.45) is 0.902. The number of amides is 2. The van der Waals surface area contributed by atoms with Crippen molar-refractivity contribution < 1.29 is 19.1 Å². The van der Waals surface area contributed by atoms with Crippen LogP contribution in [0.15, 0.2) is 72.4 Å². The fourth-order valence-corrected chi connectivity index (χ4v) is 3.97. The number of nitrogens with zero attached hydrogens (tertiary/aromatic N) is 1. The van der Waals surface area contributed by atoms with Crippen LogP contribution in [-0.2, 0) is 9.59 Å². The molecule has 0 spiro atoms. The monoisotopic (exact) mass is 456 g/mol. The maximum absolute atomic E-state index is 13.7. The minimum Gasteiger partial charge on any atom is -0.497 e. The van der Waals surface area contributed by atoms with E-state index < -0.39 is 5.91 Å². The van der Waals surface area contributed by atoms with Crippen LogP contribution in [0, 0.1) is 13.8 Å². The second kappa shape index (κ2) is 9.83. The van der Waals surface area contributed by atoms with Gasteiger partial charge in [0.1, 0.15) is 17.2 Å². The molecule has 0 fully saturated rings. The first-order chi connectivity index (χ1) is 16.4. The van der Waals surface area contributed by atoms with E-state index in [1.165, 1.54) is 4.90 Å². The Bertz CT molecular complexity index is 1260. The second-order valence-corrected chi connectivity index (χ2v) is 8.22. The molecule has 1 aliphatic rings. The van der Waals surface area contributed by atoms with Crippen molar-refractivity contribution in [1.29, 1.82) is 0 Å². The average Bonchev–Trinajstić information content (AvgIpc) is 3.07. The van der Waals surface area contributed by atoms with E-state index in [0.717, 1.165) is 23.3 Å². The van der Waals surface area contributed by atoms with E-state index in [0.29, 0.717) is 34.9 Å². The molecule has 0 atom stereocenters. The topological polar surface area (TPSA) is 67.9 Å². The van der Waals surface area contributed by atoms with Gasteiger partial charge in [-0.25, -0.2) is 4.90 Å². The minimum absolute atomic E-state index is 0.223. The normalized spacial score (nSPS) is 13.5. The number of carbonyl (C=O) groups is 2. The zero-order chi connectivity index (χ0) is 24.2. The largest absolute Gasteiger partial charge is 0.497 e. The van der Waals surface area contributed by atoms with Crippen LogP contribution in [0.2, 0.25) is 0 Å². The Balaban J connectivity index is 1.78. The maximum atomic E-state index is 13.7. The Labute approximate surface area is 199 Å². The van der Waals surface area contributed by atoms with E-state index in [1.54, 1.807) is 13.2 Å². The van der Waals surface area contributed by atoms with Crippen LogP contribution in [0.1, 0.15) is 30.0 Å².